The molecule has 0 saturated carbocycles. The summed E-state index contributed by atoms with van der Waals surface area (Å²) in [7, 11) is 0. The van der Waals surface area contributed by atoms with Crippen LogP contribution in [0.4, 0.5) is 0 Å². The summed E-state index contributed by atoms with van der Waals surface area (Å²) in [4.78, 5) is 4.60. The third kappa shape index (κ3) is 2.96. The fraction of sp³-hybridized carbons (Fsp3) is 0.667. The summed E-state index contributed by atoms with van der Waals surface area (Å²) < 4.78 is 6.16. The average molecular weight is 263 g/mol. The van der Waals surface area contributed by atoms with Crippen molar-refractivity contribution in [3.63, 3.8) is 0 Å². The third-order valence-corrected chi connectivity index (χ3v) is 3.95. The van der Waals surface area contributed by atoms with Gasteiger partial charge in [-0.3, -0.25) is 16.3 Å². The van der Waals surface area contributed by atoms with E-state index in [2.05, 4.69) is 38.1 Å². The molecule has 19 heavy (non-hydrogen) atoms. The van der Waals surface area contributed by atoms with Crippen LogP contribution < -0.4 is 11.3 Å². The minimum absolute atomic E-state index is 0.0108. The van der Waals surface area contributed by atoms with Crippen LogP contribution in [0.15, 0.2) is 18.2 Å². The van der Waals surface area contributed by atoms with Gasteiger partial charge in [0.1, 0.15) is 0 Å². The van der Waals surface area contributed by atoms with Crippen molar-refractivity contribution in [1.82, 2.24) is 10.4 Å². The Morgan fingerprint density at radius 3 is 2.53 bits per heavy atom. The van der Waals surface area contributed by atoms with Gasteiger partial charge in [-0.05, 0) is 53.2 Å². The molecule has 2 heterocycles. The highest BCUT2D eigenvalue weighted by Gasteiger charge is 2.49. The van der Waals surface area contributed by atoms with Crippen molar-refractivity contribution in [1.29, 1.82) is 0 Å². The molecular weight excluding hydrogens is 238 g/mol. The first-order valence-corrected chi connectivity index (χ1v) is 6.85. The standard InChI is InChI=1S/C15H25N3O/c1-10-7-6-8-12(17-10)13(18-16)11-9-14(2,3)19-15(11,4)5/h6-8,11,13,18H,9,16H2,1-5H3. The average Bonchev–Trinajstić information content (AvgIpc) is 2.48. The lowest BCUT2D eigenvalue weighted by Gasteiger charge is -2.32. The zero-order valence-electron chi connectivity index (χ0n) is 12.5. The Hall–Kier alpha value is -0.970. The first kappa shape index (κ1) is 14.4. The molecule has 1 fully saturated rings. The van der Waals surface area contributed by atoms with Gasteiger partial charge < -0.3 is 4.74 Å². The fourth-order valence-electron chi connectivity index (χ4n) is 3.27. The molecule has 2 atom stereocenters. The second kappa shape index (κ2) is 4.85. The van der Waals surface area contributed by atoms with E-state index < -0.39 is 0 Å². The van der Waals surface area contributed by atoms with E-state index in [1.807, 2.05) is 25.1 Å². The summed E-state index contributed by atoms with van der Waals surface area (Å²) in [5.74, 6) is 6.09. The zero-order chi connectivity index (χ0) is 14.3. The van der Waals surface area contributed by atoms with Gasteiger partial charge >= 0.3 is 0 Å². The zero-order valence-corrected chi connectivity index (χ0v) is 12.5. The number of nitrogens with zero attached hydrogens (tertiary/aromatic N) is 1. The number of aryl methyl sites for hydroxylation is 1. The third-order valence-electron chi connectivity index (χ3n) is 3.95. The number of pyridine rings is 1. The lowest BCUT2D eigenvalue weighted by atomic mass is 9.80. The molecule has 1 aliphatic rings. The molecule has 106 valence electrons. The van der Waals surface area contributed by atoms with Crippen LogP contribution in [0.3, 0.4) is 0 Å². The van der Waals surface area contributed by atoms with Crippen molar-refractivity contribution in [3.05, 3.63) is 29.6 Å². The van der Waals surface area contributed by atoms with Gasteiger partial charge in [0.25, 0.3) is 0 Å². The number of nitrogens with one attached hydrogen (secondary N) is 1. The number of hydrogen-bond donors (Lipinski definition) is 2. The van der Waals surface area contributed by atoms with Gasteiger partial charge in [-0.15, -0.1) is 0 Å². The van der Waals surface area contributed by atoms with E-state index in [0.29, 0.717) is 5.92 Å². The van der Waals surface area contributed by atoms with Crippen molar-refractivity contribution in [2.45, 2.75) is 58.3 Å². The second-order valence-electron chi connectivity index (χ2n) is 6.62. The van der Waals surface area contributed by atoms with E-state index >= 15 is 0 Å². The molecule has 2 rings (SSSR count). The van der Waals surface area contributed by atoms with Gasteiger partial charge in [-0.1, -0.05) is 6.07 Å². The van der Waals surface area contributed by atoms with Gasteiger partial charge in [0.05, 0.1) is 22.9 Å². The normalized spacial score (nSPS) is 26.3. The Labute approximate surface area is 115 Å². The number of nitrogens with two attached hydrogens (primary N) is 1. The predicted octanol–water partition coefficient (Wildman–Crippen LogP) is 2.49. The van der Waals surface area contributed by atoms with Gasteiger partial charge in [-0.25, -0.2) is 0 Å². The van der Waals surface area contributed by atoms with E-state index in [1.54, 1.807) is 0 Å². The highest BCUT2D eigenvalue weighted by molar-refractivity contribution is 5.16. The molecule has 1 aliphatic heterocycles. The van der Waals surface area contributed by atoms with Crippen LogP contribution in [0, 0.1) is 12.8 Å². The van der Waals surface area contributed by atoms with E-state index in [0.717, 1.165) is 17.8 Å². The minimum Gasteiger partial charge on any atom is -0.369 e. The molecule has 1 aromatic heterocycles. The Morgan fingerprint density at radius 2 is 2.05 bits per heavy atom. The Balaban J connectivity index is 2.32. The minimum atomic E-state index is -0.216. The molecule has 0 amide bonds. The van der Waals surface area contributed by atoms with E-state index in [4.69, 9.17) is 10.6 Å². The maximum atomic E-state index is 6.16. The van der Waals surface area contributed by atoms with Crippen LogP contribution in [0.5, 0.6) is 0 Å². The summed E-state index contributed by atoms with van der Waals surface area (Å²) in [6.07, 6.45) is 0.963. The van der Waals surface area contributed by atoms with Crippen LogP contribution in [0.25, 0.3) is 0 Å². The summed E-state index contributed by atoms with van der Waals surface area (Å²) in [5, 5.41) is 0. The SMILES string of the molecule is Cc1cccc(C(NN)C2CC(C)(C)OC2(C)C)n1. The molecule has 1 aromatic rings. The van der Waals surface area contributed by atoms with Crippen molar-refractivity contribution >= 4 is 0 Å². The number of aromatic nitrogens is 1. The number of hydrazine groups is 1. The van der Waals surface area contributed by atoms with E-state index in [9.17, 15) is 0 Å². The van der Waals surface area contributed by atoms with Gasteiger partial charge in [-0.2, -0.15) is 0 Å². The molecule has 1 saturated heterocycles. The van der Waals surface area contributed by atoms with Crippen LogP contribution >= 0.6 is 0 Å². The number of ether oxygens (including phenoxy) is 1. The number of hydrogen-bond acceptors (Lipinski definition) is 4. The van der Waals surface area contributed by atoms with Gasteiger partial charge in [0, 0.05) is 11.6 Å². The van der Waals surface area contributed by atoms with Crippen molar-refractivity contribution in [2.24, 2.45) is 11.8 Å². The summed E-state index contributed by atoms with van der Waals surface area (Å²) >= 11 is 0. The first-order valence-electron chi connectivity index (χ1n) is 6.85. The maximum Gasteiger partial charge on any atom is 0.0688 e. The molecule has 0 spiro atoms. The first-order chi connectivity index (χ1) is 8.75. The van der Waals surface area contributed by atoms with Crippen LogP contribution in [-0.2, 0) is 4.74 Å². The van der Waals surface area contributed by atoms with Crippen LogP contribution in [0.2, 0.25) is 0 Å². The predicted molar refractivity (Wildman–Crippen MR) is 76.4 cm³/mol. The van der Waals surface area contributed by atoms with E-state index in [-0.39, 0.29) is 17.2 Å². The highest BCUT2D eigenvalue weighted by atomic mass is 16.5. The number of rotatable bonds is 3. The Bertz CT molecular complexity index is 456. The quantitative estimate of drug-likeness (QED) is 0.650. The second-order valence-corrected chi connectivity index (χ2v) is 6.62. The molecule has 4 heteroatoms. The van der Waals surface area contributed by atoms with E-state index in [1.165, 1.54) is 0 Å². The summed E-state index contributed by atoms with van der Waals surface area (Å²) in [5.41, 5.74) is 4.60. The molecule has 0 bridgehead atoms. The Morgan fingerprint density at radius 1 is 1.37 bits per heavy atom. The Kier molecular flexibility index (Phi) is 3.69. The fourth-order valence-corrected chi connectivity index (χ4v) is 3.27. The van der Waals surface area contributed by atoms with Crippen molar-refractivity contribution in [3.8, 4) is 0 Å². The summed E-state index contributed by atoms with van der Waals surface area (Å²) in [6.45, 7) is 10.5. The largest absolute Gasteiger partial charge is 0.369 e. The van der Waals surface area contributed by atoms with Crippen molar-refractivity contribution < 1.29 is 4.74 Å². The topological polar surface area (TPSA) is 60.2 Å². The van der Waals surface area contributed by atoms with Crippen LogP contribution in [-0.4, -0.2) is 16.2 Å². The molecule has 0 aliphatic carbocycles. The van der Waals surface area contributed by atoms with Gasteiger partial charge in [0.2, 0.25) is 0 Å². The monoisotopic (exact) mass is 263 g/mol. The molecule has 0 aromatic carbocycles. The lowest BCUT2D eigenvalue weighted by Crippen LogP contribution is -2.41. The molecule has 3 N–H and O–H groups in total. The lowest BCUT2D eigenvalue weighted by molar-refractivity contribution is -0.0780. The molecule has 0 radical (unpaired) electrons. The molecular formula is C15H25N3O. The molecule has 2 unspecified atom stereocenters. The van der Waals surface area contributed by atoms with Gasteiger partial charge in [0.15, 0.2) is 0 Å². The smallest absolute Gasteiger partial charge is 0.0688 e. The van der Waals surface area contributed by atoms with Crippen molar-refractivity contribution in [2.75, 3.05) is 0 Å². The summed E-state index contributed by atoms with van der Waals surface area (Å²) in [6, 6.07) is 6.06. The maximum absolute atomic E-state index is 6.16. The highest BCUT2D eigenvalue weighted by Crippen LogP contribution is 2.47. The van der Waals surface area contributed by atoms with Crippen LogP contribution in [0.1, 0.15) is 51.5 Å². The molecule has 4 nitrogen and oxygen atoms in total.